The van der Waals surface area contributed by atoms with Gasteiger partial charge < -0.3 is 25.2 Å². The Morgan fingerprint density at radius 2 is 2.17 bits per heavy atom. The number of ether oxygens (including phenoxy) is 2. The van der Waals surface area contributed by atoms with Gasteiger partial charge in [-0.1, -0.05) is 11.6 Å². The maximum atomic E-state index is 12.1. The summed E-state index contributed by atoms with van der Waals surface area (Å²) in [6, 6.07) is 5.23. The Balaban J connectivity index is 1.56. The van der Waals surface area contributed by atoms with Gasteiger partial charge in [0.1, 0.15) is 12.0 Å². The van der Waals surface area contributed by atoms with Crippen LogP contribution in [0.4, 0.5) is 5.82 Å². The predicted molar refractivity (Wildman–Crippen MR) is 130 cm³/mol. The molecule has 186 valence electrons. The Morgan fingerprint density at radius 3 is 2.94 bits per heavy atom. The number of aliphatic hydroxyl groups excluding tert-OH is 1. The molecule has 4 aromatic rings. The van der Waals surface area contributed by atoms with Crippen molar-refractivity contribution in [1.82, 2.24) is 34.8 Å². The molecule has 0 aromatic carbocycles. The predicted octanol–water partition coefficient (Wildman–Crippen LogP) is 1.95. The Hall–Kier alpha value is -3.87. The average Bonchev–Trinajstić information content (AvgIpc) is 3.50. The summed E-state index contributed by atoms with van der Waals surface area (Å²) in [6.07, 6.45) is 3.98. The van der Waals surface area contributed by atoms with E-state index in [2.05, 4.69) is 30.6 Å². The largest absolute Gasteiger partial charge is 0.495 e. The number of methoxy groups -OCH3 is 1. The van der Waals surface area contributed by atoms with E-state index in [9.17, 15) is 9.90 Å². The highest BCUT2D eigenvalue weighted by atomic mass is 35.5. The maximum Gasteiger partial charge on any atom is 0.251 e. The summed E-state index contributed by atoms with van der Waals surface area (Å²) in [6.45, 7) is 0.340. The van der Waals surface area contributed by atoms with Crippen molar-refractivity contribution in [3.05, 3.63) is 53.8 Å². The minimum absolute atomic E-state index is 0.193. The van der Waals surface area contributed by atoms with Gasteiger partial charge in [-0.25, -0.2) is 15.0 Å². The van der Waals surface area contributed by atoms with E-state index in [0.717, 1.165) is 0 Å². The number of nitrogens with one attached hydrogen (secondary N) is 2. The summed E-state index contributed by atoms with van der Waals surface area (Å²) >= 11 is 6.10. The number of carbonyl (C=O) groups excluding carboxylic acids is 1. The van der Waals surface area contributed by atoms with Crippen molar-refractivity contribution in [2.45, 2.75) is 31.4 Å². The molecule has 13 heteroatoms. The fraction of sp³-hybridized carbons (Fsp3) is 0.304. The molecule has 1 amide bonds. The van der Waals surface area contributed by atoms with Gasteiger partial charge in [-0.3, -0.25) is 19.3 Å². The van der Waals surface area contributed by atoms with Crippen molar-refractivity contribution < 1.29 is 19.4 Å². The monoisotopic (exact) mass is 510 g/mol. The molecule has 3 atom stereocenters. The normalized spacial score (nSPS) is 19.4. The van der Waals surface area contributed by atoms with Crippen molar-refractivity contribution in [3.8, 4) is 17.1 Å². The first-order valence-corrected chi connectivity index (χ1v) is 11.5. The van der Waals surface area contributed by atoms with E-state index >= 15 is 0 Å². The van der Waals surface area contributed by atoms with Crippen LogP contribution < -0.4 is 15.4 Å². The Morgan fingerprint density at radius 1 is 1.31 bits per heavy atom. The molecule has 4 aromatic heterocycles. The number of amides is 1. The van der Waals surface area contributed by atoms with Gasteiger partial charge in [0.05, 0.1) is 38.0 Å². The summed E-state index contributed by atoms with van der Waals surface area (Å²) in [5.74, 6) is 0.986. The van der Waals surface area contributed by atoms with Crippen LogP contribution >= 0.6 is 11.6 Å². The van der Waals surface area contributed by atoms with Gasteiger partial charge in [0.15, 0.2) is 28.9 Å². The number of rotatable bonds is 7. The zero-order chi connectivity index (χ0) is 25.2. The van der Waals surface area contributed by atoms with Gasteiger partial charge in [-0.2, -0.15) is 0 Å². The van der Waals surface area contributed by atoms with Gasteiger partial charge >= 0.3 is 0 Å². The number of imidazole rings is 1. The lowest BCUT2D eigenvalue weighted by molar-refractivity contribution is -0.137. The first-order chi connectivity index (χ1) is 17.5. The van der Waals surface area contributed by atoms with Crippen LogP contribution in [0.5, 0.6) is 5.75 Å². The molecule has 0 saturated carbocycles. The highest BCUT2D eigenvalue weighted by Gasteiger charge is 2.40. The van der Waals surface area contributed by atoms with Crippen molar-refractivity contribution in [2.75, 3.05) is 19.5 Å². The summed E-state index contributed by atoms with van der Waals surface area (Å²) in [5, 5.41) is 16.8. The number of aliphatic hydroxyl groups is 1. The van der Waals surface area contributed by atoms with E-state index in [1.165, 1.54) is 7.05 Å². The first-order valence-electron chi connectivity index (χ1n) is 11.1. The van der Waals surface area contributed by atoms with E-state index in [-0.39, 0.29) is 6.42 Å². The van der Waals surface area contributed by atoms with Crippen LogP contribution in [0, 0.1) is 0 Å². The zero-order valence-corrected chi connectivity index (χ0v) is 20.2. The number of pyridine rings is 2. The van der Waals surface area contributed by atoms with Crippen LogP contribution in [0.25, 0.3) is 22.6 Å². The summed E-state index contributed by atoms with van der Waals surface area (Å²) in [7, 11) is 3.04. The van der Waals surface area contributed by atoms with Crippen LogP contribution in [-0.2, 0) is 16.1 Å². The van der Waals surface area contributed by atoms with Gasteiger partial charge in [-0.15, -0.1) is 0 Å². The molecule has 1 fully saturated rings. The smallest absolute Gasteiger partial charge is 0.251 e. The highest BCUT2D eigenvalue weighted by Crippen LogP contribution is 2.33. The third kappa shape index (κ3) is 4.65. The lowest BCUT2D eigenvalue weighted by Gasteiger charge is -2.15. The molecule has 3 N–H and O–H groups in total. The molecule has 36 heavy (non-hydrogen) atoms. The molecule has 0 unspecified atom stereocenters. The van der Waals surface area contributed by atoms with Gasteiger partial charge in [-0.05, 0) is 18.2 Å². The third-order valence-corrected chi connectivity index (χ3v) is 5.99. The van der Waals surface area contributed by atoms with Crippen molar-refractivity contribution in [1.29, 1.82) is 0 Å². The number of aromatic nitrogens is 6. The molecule has 0 bridgehead atoms. The lowest BCUT2D eigenvalue weighted by Crippen LogP contribution is -2.38. The fourth-order valence-corrected chi connectivity index (χ4v) is 4.14. The summed E-state index contributed by atoms with van der Waals surface area (Å²) in [5.41, 5.74) is 2.29. The van der Waals surface area contributed by atoms with Crippen LogP contribution in [0.15, 0.2) is 43.1 Å². The summed E-state index contributed by atoms with van der Waals surface area (Å²) in [4.78, 5) is 34.6. The second kappa shape index (κ2) is 10.0. The van der Waals surface area contributed by atoms with Crippen LogP contribution in [-0.4, -0.2) is 66.9 Å². The number of hydrogen-bond acceptors (Lipinski definition) is 10. The Bertz CT molecular complexity index is 1410. The second-order valence-corrected chi connectivity index (χ2v) is 8.52. The number of carbonyl (C=O) groups is 1. The van der Waals surface area contributed by atoms with Crippen LogP contribution in [0.1, 0.15) is 18.3 Å². The van der Waals surface area contributed by atoms with Crippen LogP contribution in [0.2, 0.25) is 5.02 Å². The van der Waals surface area contributed by atoms with E-state index in [1.54, 1.807) is 54.8 Å². The number of likely N-dealkylation sites (N-methyl/N-ethyl adjacent to an activating group) is 1. The van der Waals surface area contributed by atoms with Crippen LogP contribution in [0.3, 0.4) is 0 Å². The molecular formula is C23H23ClN8O4. The quantitative estimate of drug-likeness (QED) is 0.336. The molecule has 1 aliphatic rings. The number of nitrogens with zero attached hydrogens (tertiary/aromatic N) is 6. The third-order valence-electron chi connectivity index (χ3n) is 5.76. The van der Waals surface area contributed by atoms with Crippen molar-refractivity contribution >= 4 is 34.5 Å². The fourth-order valence-electron chi connectivity index (χ4n) is 3.96. The van der Waals surface area contributed by atoms with E-state index in [0.29, 0.717) is 51.4 Å². The van der Waals surface area contributed by atoms with E-state index in [1.807, 2.05) is 0 Å². The maximum absolute atomic E-state index is 12.1. The molecule has 5 rings (SSSR count). The Labute approximate surface area is 210 Å². The molecule has 0 radical (unpaired) electrons. The molecule has 1 aliphatic heterocycles. The van der Waals surface area contributed by atoms with Crippen molar-refractivity contribution in [3.63, 3.8) is 0 Å². The number of fused-ring (bicyclic) bond motifs is 1. The second-order valence-electron chi connectivity index (χ2n) is 8.08. The molecule has 1 saturated heterocycles. The molecule has 0 spiro atoms. The summed E-state index contributed by atoms with van der Waals surface area (Å²) < 4.78 is 12.8. The first kappa shape index (κ1) is 23.9. The number of anilines is 1. The average molecular weight is 511 g/mol. The van der Waals surface area contributed by atoms with E-state index < -0.39 is 24.3 Å². The molecular weight excluding hydrogens is 488 g/mol. The van der Waals surface area contributed by atoms with Gasteiger partial charge in [0.25, 0.3) is 5.91 Å². The standard InChI is InChI=1S/C23H23ClN8O4/c1-25-23(34)19-16(33)7-17(36-19)32-11-29-18-21(28-9-14-6-13(24)3-4-27-14)30-20(31-22(18)32)12-5-15(35-2)10-26-8-12/h3-6,8,10-11,16-17,19,33H,7,9H2,1-2H3,(H,25,34)(H,28,30,31)/t16-,17+,19-/m0/s1. The topological polar surface area (TPSA) is 149 Å². The van der Waals surface area contributed by atoms with Gasteiger partial charge in [0.2, 0.25) is 0 Å². The molecule has 12 nitrogen and oxygen atoms in total. The zero-order valence-electron chi connectivity index (χ0n) is 19.4. The highest BCUT2D eigenvalue weighted by molar-refractivity contribution is 6.30. The van der Waals surface area contributed by atoms with Crippen molar-refractivity contribution in [2.24, 2.45) is 0 Å². The number of halogens is 1. The molecule has 5 heterocycles. The SMILES string of the molecule is CNC(=O)[C@H]1O[C@@H](n2cnc3c(NCc4cc(Cl)ccn4)nc(-c4cncc(OC)c4)nc32)C[C@@H]1O. The minimum Gasteiger partial charge on any atom is -0.495 e. The number of hydrogen-bond donors (Lipinski definition) is 3. The van der Waals surface area contributed by atoms with Gasteiger partial charge in [0, 0.05) is 36.4 Å². The molecule has 0 aliphatic carbocycles. The lowest BCUT2D eigenvalue weighted by atomic mass is 10.1. The minimum atomic E-state index is -0.993. The van der Waals surface area contributed by atoms with E-state index in [4.69, 9.17) is 26.1 Å². The Kier molecular flexibility index (Phi) is 6.63.